The highest BCUT2D eigenvalue weighted by molar-refractivity contribution is 5.92. The Morgan fingerprint density at radius 3 is 2.85 bits per heavy atom. The van der Waals surface area contributed by atoms with Crippen LogP contribution in [0.1, 0.15) is 41.5 Å². The lowest BCUT2D eigenvalue weighted by Crippen LogP contribution is -2.33. The summed E-state index contributed by atoms with van der Waals surface area (Å²) >= 11 is 0. The largest absolute Gasteiger partial charge is 0.438 e. The van der Waals surface area contributed by atoms with Gasteiger partial charge in [-0.15, -0.1) is 5.10 Å². The Balaban J connectivity index is 1.39. The standard InChI is InChI=1S/C16H15FN6O3/c17-10-2-5-12(6-3-10)23-18-8-13(21-23)15(24)19-11-4-1-9(7-11)14-20-16(25)26-22-14/h2-3,5-6,8-9,11H,1,4,7H2,(H,19,24)(H,20,22,25). The Bertz CT molecular complexity index is 976. The van der Waals surface area contributed by atoms with E-state index in [9.17, 15) is 14.0 Å². The van der Waals surface area contributed by atoms with Gasteiger partial charge in [-0.2, -0.15) is 9.90 Å². The second kappa shape index (κ2) is 6.54. The molecule has 1 fully saturated rings. The Labute approximate surface area is 146 Å². The van der Waals surface area contributed by atoms with Crippen molar-refractivity contribution in [2.45, 2.75) is 31.2 Å². The van der Waals surface area contributed by atoms with Gasteiger partial charge in [0.2, 0.25) is 0 Å². The van der Waals surface area contributed by atoms with Crippen molar-refractivity contribution in [1.82, 2.24) is 30.5 Å². The second-order valence-corrected chi connectivity index (χ2v) is 6.16. The molecule has 3 aromatic rings. The van der Waals surface area contributed by atoms with Crippen LogP contribution in [0.25, 0.3) is 5.69 Å². The number of benzene rings is 1. The number of aromatic amines is 1. The molecular weight excluding hydrogens is 343 g/mol. The van der Waals surface area contributed by atoms with Crippen LogP contribution in [0.15, 0.2) is 39.8 Å². The molecule has 1 amide bonds. The lowest BCUT2D eigenvalue weighted by Gasteiger charge is -2.11. The van der Waals surface area contributed by atoms with Gasteiger partial charge in [-0.1, -0.05) is 5.16 Å². The molecule has 2 unspecified atom stereocenters. The number of hydrogen-bond donors (Lipinski definition) is 2. The molecular formula is C16H15FN6O3. The summed E-state index contributed by atoms with van der Waals surface area (Å²) in [6.45, 7) is 0. The summed E-state index contributed by atoms with van der Waals surface area (Å²) < 4.78 is 17.5. The monoisotopic (exact) mass is 358 g/mol. The second-order valence-electron chi connectivity index (χ2n) is 6.16. The number of H-pyrrole nitrogens is 1. The van der Waals surface area contributed by atoms with Crippen LogP contribution in [0.3, 0.4) is 0 Å². The van der Waals surface area contributed by atoms with Crippen LogP contribution in [-0.2, 0) is 0 Å². The molecule has 2 atom stereocenters. The summed E-state index contributed by atoms with van der Waals surface area (Å²) in [5.41, 5.74) is 0.731. The smallest absolute Gasteiger partial charge is 0.348 e. The van der Waals surface area contributed by atoms with Crippen molar-refractivity contribution in [3.63, 3.8) is 0 Å². The van der Waals surface area contributed by atoms with Crippen molar-refractivity contribution in [1.29, 1.82) is 0 Å². The van der Waals surface area contributed by atoms with E-state index in [1.807, 2.05) is 0 Å². The van der Waals surface area contributed by atoms with Crippen molar-refractivity contribution < 1.29 is 13.7 Å². The van der Waals surface area contributed by atoms with Gasteiger partial charge in [-0.25, -0.2) is 9.18 Å². The van der Waals surface area contributed by atoms with E-state index in [-0.39, 0.29) is 29.4 Å². The van der Waals surface area contributed by atoms with Gasteiger partial charge in [0.05, 0.1) is 11.9 Å². The molecule has 1 aromatic carbocycles. The molecule has 4 rings (SSSR count). The first-order valence-corrected chi connectivity index (χ1v) is 8.13. The molecule has 0 bridgehead atoms. The zero-order valence-electron chi connectivity index (χ0n) is 13.6. The maximum absolute atomic E-state index is 13.0. The van der Waals surface area contributed by atoms with Crippen LogP contribution in [-0.4, -0.2) is 37.1 Å². The number of rotatable bonds is 4. The van der Waals surface area contributed by atoms with Gasteiger partial charge < -0.3 is 5.32 Å². The van der Waals surface area contributed by atoms with Gasteiger partial charge in [-0.05, 0) is 43.5 Å². The Morgan fingerprint density at radius 1 is 1.31 bits per heavy atom. The lowest BCUT2D eigenvalue weighted by atomic mass is 10.1. The predicted octanol–water partition coefficient (Wildman–Crippen LogP) is 1.15. The van der Waals surface area contributed by atoms with Crippen molar-refractivity contribution >= 4 is 5.91 Å². The molecule has 9 nitrogen and oxygen atoms in total. The number of aromatic nitrogens is 5. The number of hydrogen-bond acceptors (Lipinski definition) is 6. The van der Waals surface area contributed by atoms with E-state index in [4.69, 9.17) is 0 Å². The highest BCUT2D eigenvalue weighted by atomic mass is 19.1. The van der Waals surface area contributed by atoms with E-state index in [1.165, 1.54) is 35.3 Å². The van der Waals surface area contributed by atoms with Crippen LogP contribution in [0.2, 0.25) is 0 Å². The molecule has 26 heavy (non-hydrogen) atoms. The molecule has 0 spiro atoms. The summed E-state index contributed by atoms with van der Waals surface area (Å²) in [7, 11) is 0. The third kappa shape index (κ3) is 3.25. The third-order valence-corrected chi connectivity index (χ3v) is 4.39. The van der Waals surface area contributed by atoms with Crippen molar-refractivity contribution in [2.24, 2.45) is 0 Å². The molecule has 2 heterocycles. The minimum Gasteiger partial charge on any atom is -0.348 e. The quantitative estimate of drug-likeness (QED) is 0.722. The zero-order chi connectivity index (χ0) is 18.1. The van der Waals surface area contributed by atoms with E-state index in [1.54, 1.807) is 0 Å². The number of amides is 1. The maximum Gasteiger partial charge on any atom is 0.438 e. The Kier molecular flexibility index (Phi) is 4.07. The van der Waals surface area contributed by atoms with Gasteiger partial charge in [0, 0.05) is 12.0 Å². The Morgan fingerprint density at radius 2 is 2.12 bits per heavy atom. The molecule has 1 aliphatic carbocycles. The van der Waals surface area contributed by atoms with Gasteiger partial charge in [0.25, 0.3) is 5.91 Å². The highest BCUT2D eigenvalue weighted by Gasteiger charge is 2.30. The normalized spacial score (nSPS) is 19.6. The topological polar surface area (TPSA) is 119 Å². The third-order valence-electron chi connectivity index (χ3n) is 4.39. The fraction of sp³-hybridized carbons (Fsp3) is 0.312. The number of nitrogens with one attached hydrogen (secondary N) is 2. The van der Waals surface area contributed by atoms with Crippen LogP contribution < -0.4 is 11.1 Å². The molecule has 1 aliphatic rings. The van der Waals surface area contributed by atoms with E-state index in [0.717, 1.165) is 12.8 Å². The van der Waals surface area contributed by atoms with Crippen LogP contribution in [0, 0.1) is 5.82 Å². The summed E-state index contributed by atoms with van der Waals surface area (Å²) in [6.07, 6.45) is 3.56. The van der Waals surface area contributed by atoms with Crippen molar-refractivity contribution in [3.8, 4) is 5.69 Å². The fourth-order valence-electron chi connectivity index (χ4n) is 3.10. The zero-order valence-corrected chi connectivity index (χ0v) is 13.6. The molecule has 0 radical (unpaired) electrons. The highest BCUT2D eigenvalue weighted by Crippen LogP contribution is 2.32. The first kappa shape index (κ1) is 16.2. The van der Waals surface area contributed by atoms with Crippen LogP contribution >= 0.6 is 0 Å². The molecule has 1 saturated carbocycles. The van der Waals surface area contributed by atoms with Crippen molar-refractivity contribution in [3.05, 3.63) is 58.3 Å². The minimum absolute atomic E-state index is 0.0432. The van der Waals surface area contributed by atoms with E-state index in [2.05, 4.69) is 30.2 Å². The first-order valence-electron chi connectivity index (χ1n) is 8.13. The maximum atomic E-state index is 13.0. The molecule has 0 saturated heterocycles. The van der Waals surface area contributed by atoms with E-state index in [0.29, 0.717) is 17.9 Å². The van der Waals surface area contributed by atoms with Crippen LogP contribution in [0.4, 0.5) is 4.39 Å². The van der Waals surface area contributed by atoms with Gasteiger partial charge >= 0.3 is 5.76 Å². The van der Waals surface area contributed by atoms with E-state index < -0.39 is 5.76 Å². The molecule has 0 aliphatic heterocycles. The van der Waals surface area contributed by atoms with E-state index >= 15 is 0 Å². The van der Waals surface area contributed by atoms with Crippen LogP contribution in [0.5, 0.6) is 0 Å². The predicted molar refractivity (Wildman–Crippen MR) is 86.3 cm³/mol. The summed E-state index contributed by atoms with van der Waals surface area (Å²) in [5, 5.41) is 14.8. The minimum atomic E-state index is -0.579. The number of nitrogens with zero attached hydrogens (tertiary/aromatic N) is 4. The van der Waals surface area contributed by atoms with Gasteiger partial charge in [0.15, 0.2) is 11.5 Å². The summed E-state index contributed by atoms with van der Waals surface area (Å²) in [5.74, 6) is -0.721. The first-order chi connectivity index (χ1) is 12.6. The number of halogens is 1. The average Bonchev–Trinajstić information content (AvgIpc) is 3.35. The number of carbonyl (C=O) groups excluding carboxylic acids is 1. The molecule has 10 heteroatoms. The molecule has 2 aromatic heterocycles. The summed E-state index contributed by atoms with van der Waals surface area (Å²) in [4.78, 5) is 27.2. The molecule has 2 N–H and O–H groups in total. The molecule has 134 valence electrons. The average molecular weight is 358 g/mol. The van der Waals surface area contributed by atoms with Gasteiger partial charge in [0.1, 0.15) is 5.82 Å². The number of carbonyl (C=O) groups is 1. The lowest BCUT2D eigenvalue weighted by molar-refractivity contribution is 0.0932. The van der Waals surface area contributed by atoms with Crippen molar-refractivity contribution in [2.75, 3.05) is 0 Å². The SMILES string of the molecule is O=C(NC1CCC(c2noc(=O)[nH]2)C1)c1cnn(-c2ccc(F)cc2)n1. The fourth-order valence-corrected chi connectivity index (χ4v) is 3.10. The van der Waals surface area contributed by atoms with Gasteiger partial charge in [-0.3, -0.25) is 14.3 Å². The Hall–Kier alpha value is -3.30. The summed E-state index contributed by atoms with van der Waals surface area (Å²) in [6, 6.07) is 5.59.